The minimum atomic E-state index is 0.198. The molecule has 0 bridgehead atoms. The van der Waals surface area contributed by atoms with Crippen LogP contribution in [0.25, 0.3) is 0 Å². The first kappa shape index (κ1) is 14.1. The van der Waals surface area contributed by atoms with Gasteiger partial charge in [-0.05, 0) is 52.0 Å². The molecule has 0 radical (unpaired) electrons. The number of fused-ring (bicyclic) bond motifs is 1. The quantitative estimate of drug-likeness (QED) is 0.922. The Morgan fingerprint density at radius 3 is 2.90 bits per heavy atom. The van der Waals surface area contributed by atoms with Crippen LogP contribution in [0.15, 0.2) is 6.20 Å². The number of piperidine rings is 1. The van der Waals surface area contributed by atoms with Crippen molar-refractivity contribution in [3.8, 4) is 0 Å². The average molecular weight is 276 g/mol. The highest BCUT2D eigenvalue weighted by atomic mass is 15.2. The third kappa shape index (κ3) is 2.77. The molecule has 1 saturated heterocycles. The van der Waals surface area contributed by atoms with Crippen LogP contribution in [0.2, 0.25) is 0 Å². The Kier molecular flexibility index (Phi) is 4.13. The van der Waals surface area contributed by atoms with Gasteiger partial charge in [0.25, 0.3) is 0 Å². The molecule has 3 heterocycles. The van der Waals surface area contributed by atoms with Gasteiger partial charge in [-0.1, -0.05) is 0 Å². The fourth-order valence-electron chi connectivity index (χ4n) is 3.75. The summed E-state index contributed by atoms with van der Waals surface area (Å²) in [5.41, 5.74) is 7.44. The maximum atomic E-state index is 6.19. The minimum absolute atomic E-state index is 0.198. The van der Waals surface area contributed by atoms with Gasteiger partial charge >= 0.3 is 0 Å². The van der Waals surface area contributed by atoms with Gasteiger partial charge in [0, 0.05) is 31.6 Å². The molecule has 1 aromatic rings. The number of nitrogens with two attached hydrogens (primary N) is 1. The normalized spacial score (nSPS) is 27.8. The van der Waals surface area contributed by atoms with Crippen molar-refractivity contribution in [3.63, 3.8) is 0 Å². The summed E-state index contributed by atoms with van der Waals surface area (Å²) in [7, 11) is 0. The molecule has 20 heavy (non-hydrogen) atoms. The van der Waals surface area contributed by atoms with E-state index in [-0.39, 0.29) is 6.04 Å². The summed E-state index contributed by atoms with van der Waals surface area (Å²) in [4.78, 5) is 7.29. The highest BCUT2D eigenvalue weighted by molar-refractivity contribution is 5.12. The smallest absolute Gasteiger partial charge is 0.109 e. The molecule has 0 saturated carbocycles. The number of nitrogens with zero attached hydrogens (tertiary/aromatic N) is 3. The van der Waals surface area contributed by atoms with E-state index in [9.17, 15) is 0 Å². The molecule has 2 unspecified atom stereocenters. The predicted octanol–water partition coefficient (Wildman–Crippen LogP) is 2.34. The van der Waals surface area contributed by atoms with E-state index in [1.807, 2.05) is 6.20 Å². The zero-order valence-corrected chi connectivity index (χ0v) is 12.9. The predicted molar refractivity (Wildman–Crippen MR) is 81.5 cm³/mol. The van der Waals surface area contributed by atoms with Crippen LogP contribution in [0.3, 0.4) is 0 Å². The Bertz CT molecular complexity index is 451. The Hall–Kier alpha value is -0.870. The monoisotopic (exact) mass is 276 g/mol. The minimum Gasteiger partial charge on any atom is -0.331 e. The van der Waals surface area contributed by atoms with Crippen molar-refractivity contribution in [2.75, 3.05) is 13.1 Å². The number of hydrogen-bond acceptors (Lipinski definition) is 3. The van der Waals surface area contributed by atoms with Crippen LogP contribution >= 0.6 is 0 Å². The second-order valence-corrected chi connectivity index (χ2v) is 6.80. The summed E-state index contributed by atoms with van der Waals surface area (Å²) in [6.45, 7) is 8.21. The summed E-state index contributed by atoms with van der Waals surface area (Å²) in [6, 6.07) is 0.865. The van der Waals surface area contributed by atoms with E-state index in [0.29, 0.717) is 6.04 Å². The van der Waals surface area contributed by atoms with Crippen molar-refractivity contribution >= 4 is 0 Å². The van der Waals surface area contributed by atoms with E-state index in [1.54, 1.807) is 0 Å². The SMILES string of the molecule is CC(C)N1CCCC(Cc2ncc3n2CCCC3N)C1. The number of imidazole rings is 1. The van der Waals surface area contributed by atoms with Gasteiger partial charge in [0.2, 0.25) is 0 Å². The number of aromatic nitrogens is 2. The number of likely N-dealkylation sites (tertiary alicyclic amines) is 1. The van der Waals surface area contributed by atoms with Crippen molar-refractivity contribution in [3.05, 3.63) is 17.7 Å². The van der Waals surface area contributed by atoms with Gasteiger partial charge in [0.1, 0.15) is 5.82 Å². The molecule has 1 aromatic heterocycles. The molecule has 2 N–H and O–H groups in total. The molecule has 0 spiro atoms. The summed E-state index contributed by atoms with van der Waals surface area (Å²) in [5.74, 6) is 2.03. The van der Waals surface area contributed by atoms with E-state index in [1.165, 1.54) is 43.9 Å². The Balaban J connectivity index is 1.69. The van der Waals surface area contributed by atoms with Gasteiger partial charge in [-0.25, -0.2) is 4.98 Å². The molecule has 3 rings (SSSR count). The van der Waals surface area contributed by atoms with Crippen molar-refractivity contribution in [2.24, 2.45) is 11.7 Å². The topological polar surface area (TPSA) is 47.1 Å². The lowest BCUT2D eigenvalue weighted by Crippen LogP contribution is -2.40. The molecule has 112 valence electrons. The van der Waals surface area contributed by atoms with Crippen LogP contribution in [0, 0.1) is 5.92 Å². The Morgan fingerprint density at radius 1 is 1.30 bits per heavy atom. The lowest BCUT2D eigenvalue weighted by Gasteiger charge is -2.35. The van der Waals surface area contributed by atoms with E-state index in [4.69, 9.17) is 5.73 Å². The lowest BCUT2D eigenvalue weighted by atomic mass is 9.93. The van der Waals surface area contributed by atoms with Crippen LogP contribution in [-0.4, -0.2) is 33.6 Å². The Labute approximate surface area is 122 Å². The van der Waals surface area contributed by atoms with Crippen molar-refractivity contribution < 1.29 is 0 Å². The molecular weight excluding hydrogens is 248 g/mol. The second-order valence-electron chi connectivity index (χ2n) is 6.80. The first-order valence-corrected chi connectivity index (χ1v) is 8.19. The zero-order valence-electron chi connectivity index (χ0n) is 12.9. The van der Waals surface area contributed by atoms with E-state index < -0.39 is 0 Å². The molecule has 0 aromatic carbocycles. The van der Waals surface area contributed by atoms with Crippen molar-refractivity contribution in [2.45, 2.75) is 64.6 Å². The summed E-state index contributed by atoms with van der Waals surface area (Å²) in [5, 5.41) is 0. The number of hydrogen-bond donors (Lipinski definition) is 1. The van der Waals surface area contributed by atoms with Gasteiger partial charge in [-0.2, -0.15) is 0 Å². The molecular formula is C16H28N4. The van der Waals surface area contributed by atoms with Crippen molar-refractivity contribution in [1.82, 2.24) is 14.5 Å². The maximum Gasteiger partial charge on any atom is 0.109 e. The van der Waals surface area contributed by atoms with Gasteiger partial charge in [-0.15, -0.1) is 0 Å². The van der Waals surface area contributed by atoms with E-state index >= 15 is 0 Å². The van der Waals surface area contributed by atoms with E-state index in [0.717, 1.165) is 25.3 Å². The second kappa shape index (κ2) is 5.86. The molecule has 0 amide bonds. The van der Waals surface area contributed by atoms with Crippen LogP contribution < -0.4 is 5.73 Å². The summed E-state index contributed by atoms with van der Waals surface area (Å²) >= 11 is 0. The highest BCUT2D eigenvalue weighted by Crippen LogP contribution is 2.27. The van der Waals surface area contributed by atoms with Gasteiger partial charge in [0.05, 0.1) is 11.9 Å². The molecule has 1 fully saturated rings. The fraction of sp³-hybridized carbons (Fsp3) is 0.812. The molecule has 2 aliphatic heterocycles. The van der Waals surface area contributed by atoms with Crippen LogP contribution in [0.5, 0.6) is 0 Å². The largest absolute Gasteiger partial charge is 0.331 e. The molecule has 4 nitrogen and oxygen atoms in total. The van der Waals surface area contributed by atoms with Gasteiger partial charge in [0.15, 0.2) is 0 Å². The van der Waals surface area contributed by atoms with Crippen molar-refractivity contribution in [1.29, 1.82) is 0 Å². The summed E-state index contributed by atoms with van der Waals surface area (Å²) in [6.07, 6.45) is 8.11. The fourth-order valence-corrected chi connectivity index (χ4v) is 3.75. The summed E-state index contributed by atoms with van der Waals surface area (Å²) < 4.78 is 2.39. The maximum absolute atomic E-state index is 6.19. The number of rotatable bonds is 3. The van der Waals surface area contributed by atoms with Crippen LogP contribution in [0.1, 0.15) is 57.1 Å². The molecule has 4 heteroatoms. The lowest BCUT2D eigenvalue weighted by molar-refractivity contribution is 0.138. The van der Waals surface area contributed by atoms with E-state index in [2.05, 4.69) is 28.3 Å². The molecule has 2 atom stereocenters. The molecule has 2 aliphatic rings. The average Bonchev–Trinajstić information content (AvgIpc) is 2.84. The van der Waals surface area contributed by atoms with Gasteiger partial charge in [-0.3, -0.25) is 0 Å². The third-order valence-corrected chi connectivity index (χ3v) is 5.00. The van der Waals surface area contributed by atoms with Crippen LogP contribution in [0.4, 0.5) is 0 Å². The Morgan fingerprint density at radius 2 is 2.10 bits per heavy atom. The van der Waals surface area contributed by atoms with Crippen LogP contribution in [-0.2, 0) is 13.0 Å². The first-order chi connectivity index (χ1) is 9.65. The molecule has 0 aliphatic carbocycles. The standard InChI is InChI=1S/C16H28N4/c1-12(2)19-7-3-5-13(11-19)9-16-18-10-15-14(17)6-4-8-20(15)16/h10,12-14H,3-9,11,17H2,1-2H3. The highest BCUT2D eigenvalue weighted by Gasteiger charge is 2.25. The van der Waals surface area contributed by atoms with Gasteiger partial charge < -0.3 is 15.2 Å². The zero-order chi connectivity index (χ0) is 14.1. The third-order valence-electron chi connectivity index (χ3n) is 5.00. The first-order valence-electron chi connectivity index (χ1n) is 8.19.